The van der Waals surface area contributed by atoms with E-state index in [1.807, 2.05) is 0 Å². The number of nitrogens with one attached hydrogen (secondary N) is 1. The molecule has 1 N–H and O–H groups in total. The quantitative estimate of drug-likeness (QED) is 0.874. The minimum atomic E-state index is 0.748. The molecule has 0 radical (unpaired) electrons. The Balaban J connectivity index is 1.96. The lowest BCUT2D eigenvalue weighted by Crippen LogP contribution is -2.30. The van der Waals surface area contributed by atoms with Crippen LogP contribution in [0.2, 0.25) is 0 Å². The predicted molar refractivity (Wildman–Crippen MR) is 80.9 cm³/mol. The zero-order valence-corrected chi connectivity index (χ0v) is 12.5. The van der Waals surface area contributed by atoms with E-state index in [0.717, 1.165) is 24.1 Å². The molecule has 0 spiro atoms. The summed E-state index contributed by atoms with van der Waals surface area (Å²) in [5.74, 6) is 1.90. The first-order valence-corrected chi connectivity index (χ1v) is 7.59. The molecule has 2 heteroatoms. The summed E-state index contributed by atoms with van der Waals surface area (Å²) in [4.78, 5) is 0. The Morgan fingerprint density at radius 3 is 2.53 bits per heavy atom. The van der Waals surface area contributed by atoms with E-state index in [9.17, 15) is 0 Å². The van der Waals surface area contributed by atoms with Gasteiger partial charge in [0.1, 0.15) is 5.75 Å². The molecule has 2 nitrogen and oxygen atoms in total. The summed E-state index contributed by atoms with van der Waals surface area (Å²) in [6, 6.07) is 7.46. The Bertz CT molecular complexity index is 394. The van der Waals surface area contributed by atoms with Crippen LogP contribution >= 0.6 is 0 Å². The largest absolute Gasteiger partial charge is 0.496 e. The molecule has 1 saturated carbocycles. The van der Waals surface area contributed by atoms with E-state index < -0.39 is 0 Å². The van der Waals surface area contributed by atoms with Gasteiger partial charge in [0.15, 0.2) is 0 Å². The number of aryl methyl sites for hydroxylation is 1. The van der Waals surface area contributed by atoms with Gasteiger partial charge in [-0.1, -0.05) is 19.1 Å². The Hall–Kier alpha value is -1.02. The smallest absolute Gasteiger partial charge is 0.122 e. The maximum atomic E-state index is 5.40. The molecular formula is C17H27NO. The van der Waals surface area contributed by atoms with Crippen LogP contribution in [0.3, 0.4) is 0 Å². The molecule has 1 aliphatic carbocycles. The summed E-state index contributed by atoms with van der Waals surface area (Å²) >= 11 is 0. The van der Waals surface area contributed by atoms with Gasteiger partial charge in [-0.05, 0) is 68.7 Å². The fraction of sp³-hybridized carbons (Fsp3) is 0.647. The highest BCUT2D eigenvalue weighted by Crippen LogP contribution is 2.29. The summed E-state index contributed by atoms with van der Waals surface area (Å²) in [5, 5.41) is 3.41. The van der Waals surface area contributed by atoms with E-state index in [1.165, 1.54) is 43.2 Å². The van der Waals surface area contributed by atoms with Crippen LogP contribution in [-0.4, -0.2) is 20.2 Å². The Kier molecular flexibility index (Phi) is 5.26. The fourth-order valence-electron chi connectivity index (χ4n) is 3.22. The summed E-state index contributed by atoms with van der Waals surface area (Å²) < 4.78 is 5.40. The second-order valence-electron chi connectivity index (χ2n) is 5.71. The molecule has 2 rings (SSSR count). The first-order valence-electron chi connectivity index (χ1n) is 7.59. The van der Waals surface area contributed by atoms with E-state index in [4.69, 9.17) is 4.74 Å². The van der Waals surface area contributed by atoms with E-state index in [-0.39, 0.29) is 0 Å². The molecule has 106 valence electrons. The Morgan fingerprint density at radius 2 is 1.95 bits per heavy atom. The Morgan fingerprint density at radius 1 is 1.21 bits per heavy atom. The normalized spacial score (nSPS) is 23.3. The maximum absolute atomic E-state index is 5.40. The molecule has 0 aliphatic heterocycles. The zero-order chi connectivity index (χ0) is 13.7. The van der Waals surface area contributed by atoms with Gasteiger partial charge >= 0.3 is 0 Å². The molecule has 0 atom stereocenters. The number of rotatable bonds is 5. The van der Waals surface area contributed by atoms with Crippen molar-refractivity contribution in [2.45, 2.75) is 51.5 Å². The lowest BCUT2D eigenvalue weighted by molar-refractivity contribution is 0.300. The topological polar surface area (TPSA) is 21.3 Å². The Labute approximate surface area is 117 Å². The van der Waals surface area contributed by atoms with Crippen LogP contribution in [-0.2, 0) is 12.8 Å². The van der Waals surface area contributed by atoms with Crippen molar-refractivity contribution in [1.29, 1.82) is 0 Å². The minimum absolute atomic E-state index is 0.748. The summed E-state index contributed by atoms with van der Waals surface area (Å²) in [7, 11) is 3.84. The molecule has 1 aromatic carbocycles. The third-order valence-corrected chi connectivity index (χ3v) is 4.51. The third-order valence-electron chi connectivity index (χ3n) is 4.51. The van der Waals surface area contributed by atoms with Gasteiger partial charge in [-0.3, -0.25) is 0 Å². The van der Waals surface area contributed by atoms with Crippen LogP contribution in [0.4, 0.5) is 0 Å². The van der Waals surface area contributed by atoms with Crippen molar-refractivity contribution in [3.8, 4) is 5.75 Å². The van der Waals surface area contributed by atoms with Crippen molar-refractivity contribution in [3.63, 3.8) is 0 Å². The molecule has 0 heterocycles. The van der Waals surface area contributed by atoms with Crippen molar-refractivity contribution in [1.82, 2.24) is 5.32 Å². The average molecular weight is 261 g/mol. The number of hydrogen-bond donors (Lipinski definition) is 1. The van der Waals surface area contributed by atoms with Gasteiger partial charge < -0.3 is 10.1 Å². The van der Waals surface area contributed by atoms with Crippen molar-refractivity contribution < 1.29 is 4.74 Å². The molecule has 0 aromatic heterocycles. The van der Waals surface area contributed by atoms with E-state index in [1.54, 1.807) is 7.11 Å². The van der Waals surface area contributed by atoms with Gasteiger partial charge in [-0.15, -0.1) is 0 Å². The fourth-order valence-corrected chi connectivity index (χ4v) is 3.22. The van der Waals surface area contributed by atoms with E-state index in [0.29, 0.717) is 0 Å². The predicted octanol–water partition coefficient (Wildman–Crippen LogP) is 3.58. The van der Waals surface area contributed by atoms with Gasteiger partial charge in [-0.25, -0.2) is 0 Å². The van der Waals surface area contributed by atoms with Crippen LogP contribution < -0.4 is 10.1 Å². The second kappa shape index (κ2) is 6.95. The van der Waals surface area contributed by atoms with Gasteiger partial charge in [0.05, 0.1) is 7.11 Å². The zero-order valence-electron chi connectivity index (χ0n) is 12.5. The first kappa shape index (κ1) is 14.4. The van der Waals surface area contributed by atoms with Crippen LogP contribution in [0.5, 0.6) is 5.75 Å². The van der Waals surface area contributed by atoms with Crippen molar-refractivity contribution in [2.24, 2.45) is 5.92 Å². The highest BCUT2D eigenvalue weighted by molar-refractivity contribution is 5.37. The minimum Gasteiger partial charge on any atom is -0.496 e. The van der Waals surface area contributed by atoms with Crippen LogP contribution in [0, 0.1) is 5.92 Å². The summed E-state index contributed by atoms with van der Waals surface area (Å²) in [6.07, 6.45) is 7.66. The lowest BCUT2D eigenvalue weighted by atomic mass is 9.82. The highest BCUT2D eigenvalue weighted by atomic mass is 16.5. The monoisotopic (exact) mass is 261 g/mol. The maximum Gasteiger partial charge on any atom is 0.122 e. The number of methoxy groups -OCH3 is 1. The summed E-state index contributed by atoms with van der Waals surface area (Å²) in [6.45, 7) is 2.19. The standard InChI is InChI=1S/C17H27NO/c1-4-15-12-14(7-10-17(15)19-3)11-13-5-8-16(18-2)9-6-13/h7,10,12-13,16,18H,4-6,8-9,11H2,1-3H3. The second-order valence-corrected chi connectivity index (χ2v) is 5.71. The van der Waals surface area contributed by atoms with Gasteiger partial charge in [0.2, 0.25) is 0 Å². The molecule has 19 heavy (non-hydrogen) atoms. The van der Waals surface area contributed by atoms with Crippen molar-refractivity contribution in [2.75, 3.05) is 14.2 Å². The van der Waals surface area contributed by atoms with Crippen LogP contribution in [0.25, 0.3) is 0 Å². The van der Waals surface area contributed by atoms with Crippen LogP contribution in [0.1, 0.15) is 43.7 Å². The highest BCUT2D eigenvalue weighted by Gasteiger charge is 2.20. The van der Waals surface area contributed by atoms with Crippen molar-refractivity contribution in [3.05, 3.63) is 29.3 Å². The SMILES string of the molecule is CCc1cc(CC2CCC(NC)CC2)ccc1OC. The van der Waals surface area contributed by atoms with Gasteiger partial charge in [0, 0.05) is 6.04 Å². The molecule has 0 amide bonds. The van der Waals surface area contributed by atoms with Crippen LogP contribution in [0.15, 0.2) is 18.2 Å². The molecule has 0 saturated heterocycles. The van der Waals surface area contributed by atoms with E-state index in [2.05, 4.69) is 37.5 Å². The lowest BCUT2D eigenvalue weighted by Gasteiger charge is -2.28. The van der Waals surface area contributed by atoms with Gasteiger partial charge in [0.25, 0.3) is 0 Å². The molecule has 1 aromatic rings. The van der Waals surface area contributed by atoms with Crippen molar-refractivity contribution >= 4 is 0 Å². The molecular weight excluding hydrogens is 234 g/mol. The molecule has 0 bridgehead atoms. The molecule has 0 unspecified atom stereocenters. The van der Waals surface area contributed by atoms with Gasteiger partial charge in [-0.2, -0.15) is 0 Å². The average Bonchev–Trinajstić information content (AvgIpc) is 2.48. The number of ether oxygens (including phenoxy) is 1. The first-order chi connectivity index (χ1) is 9.26. The number of benzene rings is 1. The van der Waals surface area contributed by atoms with E-state index >= 15 is 0 Å². The number of hydrogen-bond acceptors (Lipinski definition) is 2. The third kappa shape index (κ3) is 3.73. The molecule has 1 fully saturated rings. The molecule has 1 aliphatic rings. The summed E-state index contributed by atoms with van der Waals surface area (Å²) in [5.41, 5.74) is 2.81.